The first-order valence-corrected chi connectivity index (χ1v) is 14.5. The molecule has 0 aliphatic carbocycles. The first-order chi connectivity index (χ1) is 19.6. The van der Waals surface area contributed by atoms with Crippen LogP contribution in [0.25, 0.3) is 0 Å². The fraction of sp³-hybridized carbons (Fsp3) is 0.412. The summed E-state index contributed by atoms with van der Waals surface area (Å²) < 4.78 is 27.9. The Morgan fingerprint density at radius 3 is 2.22 bits per heavy atom. The molecule has 0 radical (unpaired) electrons. The maximum Gasteiger partial charge on any atom is 0.251 e. The van der Waals surface area contributed by atoms with Crippen LogP contribution in [0.1, 0.15) is 83.0 Å². The number of halogens is 2. The van der Waals surface area contributed by atoms with Crippen LogP contribution >= 0.6 is 0 Å². The van der Waals surface area contributed by atoms with Gasteiger partial charge in [0, 0.05) is 36.2 Å². The number of ketones is 1. The van der Waals surface area contributed by atoms with E-state index in [1.54, 1.807) is 18.2 Å². The summed E-state index contributed by atoms with van der Waals surface area (Å²) in [6, 6.07) is 15.5. The number of Topliss-reactive ketones (excluding diaryl/α,β-unsaturated/α-hetero) is 1. The second-order valence-electron chi connectivity index (χ2n) is 10.8. The summed E-state index contributed by atoms with van der Waals surface area (Å²) in [6.45, 7) is 8.59. The minimum atomic E-state index is -1.06. The number of aliphatic hydroxyl groups excluding tert-OH is 1. The van der Waals surface area contributed by atoms with Crippen molar-refractivity contribution < 1.29 is 23.5 Å². The number of aryl methyl sites for hydroxylation is 2. The summed E-state index contributed by atoms with van der Waals surface area (Å²) in [4.78, 5) is 26.6. The van der Waals surface area contributed by atoms with Crippen molar-refractivity contribution >= 4 is 11.7 Å². The summed E-state index contributed by atoms with van der Waals surface area (Å²) in [5, 5.41) is 17.2. The molecule has 0 bridgehead atoms. The van der Waals surface area contributed by atoms with Crippen LogP contribution in [0.5, 0.6) is 0 Å². The second-order valence-corrected chi connectivity index (χ2v) is 10.8. The van der Waals surface area contributed by atoms with Gasteiger partial charge in [-0.2, -0.15) is 0 Å². The average Bonchev–Trinajstić information content (AvgIpc) is 2.94. The number of aliphatic hydroxyl groups is 1. The number of rotatable bonds is 15. The van der Waals surface area contributed by atoms with E-state index in [4.69, 9.17) is 0 Å². The Balaban J connectivity index is 1.80. The largest absolute Gasteiger partial charge is 0.390 e. The maximum atomic E-state index is 13.9. The molecule has 0 saturated carbocycles. The van der Waals surface area contributed by atoms with Gasteiger partial charge in [0.05, 0.1) is 12.1 Å². The Bertz CT molecular complexity index is 1310. The van der Waals surface area contributed by atoms with Gasteiger partial charge in [-0.25, -0.2) is 8.78 Å². The summed E-state index contributed by atoms with van der Waals surface area (Å²) in [5.41, 5.74) is 4.14. The molecule has 0 aliphatic heterocycles. The van der Waals surface area contributed by atoms with E-state index in [0.29, 0.717) is 23.2 Å². The standard InChI is InChI=1S/C34H42F2N2O3/c1-5-9-26(7-3)33(40)27-12-22(4)13-28(18-27)34(41)38-31(17-25-15-29(35)19-30(36)16-25)32(39)21-37-20-24-11-8-10-23(6-2)14-24/h8,10-16,18-19,26,31-32,37,39H,5-7,9,17,20-21H2,1-4H3,(H,38,41)/t26?,31-,32+/m0/s1. The molecule has 3 aromatic carbocycles. The Morgan fingerprint density at radius 1 is 0.878 bits per heavy atom. The fourth-order valence-electron chi connectivity index (χ4n) is 5.15. The lowest BCUT2D eigenvalue weighted by molar-refractivity contribution is 0.0829. The van der Waals surface area contributed by atoms with Gasteiger partial charge in [0.1, 0.15) is 11.6 Å². The minimum Gasteiger partial charge on any atom is -0.390 e. The van der Waals surface area contributed by atoms with Gasteiger partial charge in [-0.1, -0.05) is 51.5 Å². The summed E-state index contributed by atoms with van der Waals surface area (Å²) in [7, 11) is 0. The summed E-state index contributed by atoms with van der Waals surface area (Å²) in [6.07, 6.45) is 2.26. The number of amides is 1. The number of hydrogen-bond donors (Lipinski definition) is 3. The molecule has 0 fully saturated rings. The van der Waals surface area contributed by atoms with Gasteiger partial charge in [0.2, 0.25) is 0 Å². The third-order valence-corrected chi connectivity index (χ3v) is 7.37. The molecule has 1 amide bonds. The van der Waals surface area contributed by atoms with Gasteiger partial charge >= 0.3 is 0 Å². The van der Waals surface area contributed by atoms with E-state index in [-0.39, 0.29) is 24.7 Å². The predicted octanol–water partition coefficient (Wildman–Crippen LogP) is 6.34. The van der Waals surface area contributed by atoms with Gasteiger partial charge in [0.15, 0.2) is 5.78 Å². The van der Waals surface area contributed by atoms with Crippen molar-refractivity contribution in [3.63, 3.8) is 0 Å². The molecule has 0 aromatic heterocycles. The SMILES string of the molecule is CCCC(CC)C(=O)c1cc(C)cc(C(=O)N[C@@H](Cc2cc(F)cc(F)c2)[C@H](O)CNCc2cccc(CC)c2)c1. The minimum absolute atomic E-state index is 0.00950. The van der Waals surface area contributed by atoms with E-state index < -0.39 is 29.7 Å². The van der Waals surface area contributed by atoms with E-state index in [9.17, 15) is 23.5 Å². The van der Waals surface area contributed by atoms with Crippen molar-refractivity contribution in [3.8, 4) is 0 Å². The molecule has 1 unspecified atom stereocenters. The van der Waals surface area contributed by atoms with E-state index in [1.165, 1.54) is 17.7 Å². The van der Waals surface area contributed by atoms with E-state index in [1.807, 2.05) is 32.9 Å². The van der Waals surface area contributed by atoms with Gasteiger partial charge in [0.25, 0.3) is 5.91 Å². The average molecular weight is 565 g/mol. The second kappa shape index (κ2) is 15.5. The van der Waals surface area contributed by atoms with E-state index in [0.717, 1.165) is 42.9 Å². The highest BCUT2D eigenvalue weighted by Gasteiger charge is 2.25. The monoisotopic (exact) mass is 564 g/mol. The number of carbonyl (C=O) groups excluding carboxylic acids is 2. The molecule has 0 heterocycles. The summed E-state index contributed by atoms with van der Waals surface area (Å²) >= 11 is 0. The van der Waals surface area contributed by atoms with Gasteiger partial charge in [-0.3, -0.25) is 9.59 Å². The molecule has 3 atom stereocenters. The Morgan fingerprint density at radius 2 is 1.56 bits per heavy atom. The lowest BCUT2D eigenvalue weighted by atomic mass is 9.90. The van der Waals surface area contributed by atoms with Crippen molar-refractivity contribution in [2.45, 2.75) is 78.5 Å². The smallest absolute Gasteiger partial charge is 0.251 e. The first-order valence-electron chi connectivity index (χ1n) is 14.5. The highest BCUT2D eigenvalue weighted by Crippen LogP contribution is 2.21. The first kappa shape index (κ1) is 32.1. The topological polar surface area (TPSA) is 78.4 Å². The van der Waals surface area contributed by atoms with Crippen LogP contribution in [0.3, 0.4) is 0 Å². The number of carbonyl (C=O) groups is 2. The third kappa shape index (κ3) is 9.58. The molecule has 3 N–H and O–H groups in total. The molecular weight excluding hydrogens is 522 g/mol. The van der Waals surface area contributed by atoms with Crippen LogP contribution < -0.4 is 10.6 Å². The molecular formula is C34H42F2N2O3. The van der Waals surface area contributed by atoms with Crippen molar-refractivity contribution in [2.75, 3.05) is 6.54 Å². The van der Waals surface area contributed by atoms with Crippen LogP contribution in [-0.4, -0.2) is 35.5 Å². The molecule has 3 aromatic rings. The molecule has 3 rings (SSSR count). The van der Waals surface area contributed by atoms with Gasteiger partial charge < -0.3 is 15.7 Å². The van der Waals surface area contributed by atoms with Gasteiger partial charge in [-0.15, -0.1) is 0 Å². The normalized spacial score (nSPS) is 13.4. The van der Waals surface area contributed by atoms with E-state index in [2.05, 4.69) is 29.7 Å². The molecule has 0 saturated heterocycles. The van der Waals surface area contributed by atoms with Crippen molar-refractivity contribution in [2.24, 2.45) is 5.92 Å². The van der Waals surface area contributed by atoms with Gasteiger partial charge in [-0.05, 0) is 85.2 Å². The highest BCUT2D eigenvalue weighted by atomic mass is 19.1. The van der Waals surface area contributed by atoms with E-state index >= 15 is 0 Å². The quantitative estimate of drug-likeness (QED) is 0.188. The van der Waals surface area contributed by atoms with Crippen LogP contribution in [0.2, 0.25) is 0 Å². The lowest BCUT2D eigenvalue weighted by Crippen LogP contribution is -2.48. The van der Waals surface area contributed by atoms with Crippen LogP contribution in [0, 0.1) is 24.5 Å². The number of hydrogen-bond acceptors (Lipinski definition) is 4. The highest BCUT2D eigenvalue weighted by molar-refractivity contribution is 6.02. The van der Waals surface area contributed by atoms with Crippen molar-refractivity contribution in [3.05, 3.63) is 106 Å². The van der Waals surface area contributed by atoms with Crippen molar-refractivity contribution in [1.29, 1.82) is 0 Å². The van der Waals surface area contributed by atoms with Crippen LogP contribution in [-0.2, 0) is 19.4 Å². The molecule has 0 spiro atoms. The number of benzene rings is 3. The zero-order valence-electron chi connectivity index (χ0n) is 24.5. The zero-order chi connectivity index (χ0) is 29.9. The molecule has 0 aliphatic rings. The Kier molecular flexibility index (Phi) is 12.2. The fourth-order valence-corrected chi connectivity index (χ4v) is 5.15. The molecule has 220 valence electrons. The zero-order valence-corrected chi connectivity index (χ0v) is 24.5. The molecule has 41 heavy (non-hydrogen) atoms. The van der Waals surface area contributed by atoms with Crippen molar-refractivity contribution in [1.82, 2.24) is 10.6 Å². The predicted molar refractivity (Wildman–Crippen MR) is 159 cm³/mol. The van der Waals surface area contributed by atoms with Crippen LogP contribution in [0.15, 0.2) is 60.7 Å². The Labute approximate surface area is 242 Å². The third-order valence-electron chi connectivity index (χ3n) is 7.37. The molecule has 5 nitrogen and oxygen atoms in total. The number of nitrogens with one attached hydrogen (secondary N) is 2. The van der Waals surface area contributed by atoms with Crippen LogP contribution in [0.4, 0.5) is 8.78 Å². The maximum absolute atomic E-state index is 13.9. The Hall–Kier alpha value is -3.42. The summed E-state index contributed by atoms with van der Waals surface area (Å²) in [5.74, 6) is -2.03. The molecule has 7 heteroatoms. The lowest BCUT2D eigenvalue weighted by Gasteiger charge is -2.25.